The third-order valence-electron chi connectivity index (χ3n) is 2.42. The van der Waals surface area contributed by atoms with Crippen LogP contribution in [0.3, 0.4) is 0 Å². The molecule has 0 aliphatic heterocycles. The van der Waals surface area contributed by atoms with E-state index in [4.69, 9.17) is 0 Å². The maximum atomic E-state index is 12.6. The molecule has 0 unspecified atom stereocenters. The zero-order valence-electron chi connectivity index (χ0n) is 10.2. The van der Waals surface area contributed by atoms with Crippen molar-refractivity contribution in [1.29, 1.82) is 0 Å². The van der Waals surface area contributed by atoms with Gasteiger partial charge in [0.25, 0.3) is 11.9 Å². The average molecular weight is 325 g/mol. The van der Waals surface area contributed by atoms with Crippen LogP contribution >= 0.6 is 0 Å². The molecule has 0 saturated carbocycles. The molecular weight excluding hydrogens is 320 g/mol. The van der Waals surface area contributed by atoms with Crippen LogP contribution < -0.4 is 5.32 Å². The Balaban J connectivity index is 2.44. The third kappa shape index (κ3) is 3.51. The van der Waals surface area contributed by atoms with E-state index >= 15 is 0 Å². The van der Waals surface area contributed by atoms with E-state index in [2.05, 4.69) is 15.4 Å². The lowest BCUT2D eigenvalue weighted by molar-refractivity contribution is -0.143. The number of tetrazole rings is 1. The number of rotatable bonds is 2. The van der Waals surface area contributed by atoms with Gasteiger partial charge in [0.2, 0.25) is 0 Å². The topological polar surface area (TPSA) is 83.6 Å². The van der Waals surface area contributed by atoms with Crippen molar-refractivity contribution in [2.45, 2.75) is 12.4 Å². The number of benzene rings is 1. The van der Waals surface area contributed by atoms with Crippen LogP contribution in [0.25, 0.3) is 0 Å². The van der Waals surface area contributed by atoms with E-state index in [1.807, 2.05) is 10.5 Å². The lowest BCUT2D eigenvalue weighted by Crippen LogP contribution is -2.17. The highest BCUT2D eigenvalue weighted by molar-refractivity contribution is 6.03. The quantitative estimate of drug-likeness (QED) is 0.831. The number of nitrogens with one attached hydrogen (secondary N) is 2. The fourth-order valence-corrected chi connectivity index (χ4v) is 1.47. The van der Waals surface area contributed by atoms with E-state index in [0.717, 1.165) is 0 Å². The summed E-state index contributed by atoms with van der Waals surface area (Å²) >= 11 is 0. The zero-order valence-corrected chi connectivity index (χ0v) is 10.2. The highest BCUT2D eigenvalue weighted by Gasteiger charge is 2.37. The molecule has 6 nitrogen and oxygen atoms in total. The van der Waals surface area contributed by atoms with Gasteiger partial charge in [-0.1, -0.05) is 5.10 Å². The molecule has 2 N–H and O–H groups in total. The van der Waals surface area contributed by atoms with Crippen LogP contribution in [0.2, 0.25) is 0 Å². The van der Waals surface area contributed by atoms with Crippen molar-refractivity contribution in [1.82, 2.24) is 20.6 Å². The van der Waals surface area contributed by atoms with Crippen LogP contribution in [0.1, 0.15) is 21.5 Å². The van der Waals surface area contributed by atoms with Gasteiger partial charge in [-0.3, -0.25) is 10.1 Å². The van der Waals surface area contributed by atoms with Gasteiger partial charge >= 0.3 is 12.4 Å². The largest absolute Gasteiger partial charge is 0.416 e. The highest BCUT2D eigenvalue weighted by Crippen LogP contribution is 2.36. The molecule has 2 rings (SSSR count). The number of anilines is 1. The number of carbonyl (C=O) groups is 1. The predicted octanol–water partition coefficient (Wildman–Crippen LogP) is 2.49. The molecule has 1 heterocycles. The molecule has 0 saturated heterocycles. The third-order valence-corrected chi connectivity index (χ3v) is 2.42. The number of nitrogens with zero attached hydrogens (tertiary/aromatic N) is 3. The number of aromatic nitrogens is 4. The molecule has 0 aliphatic rings. The van der Waals surface area contributed by atoms with Crippen molar-refractivity contribution in [3.63, 3.8) is 0 Å². The molecule has 12 heteroatoms. The first kappa shape index (κ1) is 15.7. The minimum absolute atomic E-state index is 0.0782. The number of hydrogen-bond acceptors (Lipinski definition) is 4. The zero-order chi connectivity index (χ0) is 16.5. The van der Waals surface area contributed by atoms with Gasteiger partial charge in [-0.25, -0.2) is 0 Å². The summed E-state index contributed by atoms with van der Waals surface area (Å²) in [5.41, 5.74) is -4.03. The van der Waals surface area contributed by atoms with Gasteiger partial charge in [0, 0.05) is 5.56 Å². The lowest BCUT2D eigenvalue weighted by atomic mass is 10.0. The molecule has 1 aromatic heterocycles. The first-order chi connectivity index (χ1) is 10.1. The van der Waals surface area contributed by atoms with Gasteiger partial charge in [-0.2, -0.15) is 31.6 Å². The molecule has 1 aromatic carbocycles. The van der Waals surface area contributed by atoms with E-state index in [1.165, 1.54) is 0 Å². The van der Waals surface area contributed by atoms with Crippen molar-refractivity contribution in [3.8, 4) is 0 Å². The predicted molar refractivity (Wildman–Crippen MR) is 58.6 cm³/mol. The summed E-state index contributed by atoms with van der Waals surface area (Å²) in [4.78, 5) is 11.7. The van der Waals surface area contributed by atoms with Crippen molar-refractivity contribution in [2.24, 2.45) is 0 Å². The maximum Gasteiger partial charge on any atom is 0.416 e. The Morgan fingerprint density at radius 3 is 1.95 bits per heavy atom. The molecule has 0 spiro atoms. The Morgan fingerprint density at radius 1 is 1.00 bits per heavy atom. The number of H-pyrrole nitrogens is 1. The summed E-state index contributed by atoms with van der Waals surface area (Å²) in [6.45, 7) is 0. The van der Waals surface area contributed by atoms with Gasteiger partial charge < -0.3 is 0 Å². The van der Waals surface area contributed by atoms with Gasteiger partial charge in [-0.05, 0) is 23.4 Å². The van der Waals surface area contributed by atoms with Gasteiger partial charge in [-0.15, -0.1) is 5.10 Å². The van der Waals surface area contributed by atoms with E-state index in [9.17, 15) is 31.1 Å². The molecule has 0 fully saturated rings. The summed E-state index contributed by atoms with van der Waals surface area (Å²) in [5, 5.41) is 13.5. The smallest absolute Gasteiger partial charge is 0.288 e. The molecule has 0 radical (unpaired) electrons. The van der Waals surface area contributed by atoms with Crippen molar-refractivity contribution < 1.29 is 31.1 Å². The van der Waals surface area contributed by atoms with E-state index < -0.39 is 40.9 Å². The van der Waals surface area contributed by atoms with E-state index in [1.54, 1.807) is 0 Å². The number of halogens is 6. The van der Waals surface area contributed by atoms with Crippen molar-refractivity contribution in [3.05, 3.63) is 34.9 Å². The molecule has 2 aromatic rings. The van der Waals surface area contributed by atoms with Gasteiger partial charge in [0.1, 0.15) is 0 Å². The second-order valence-electron chi connectivity index (χ2n) is 3.98. The summed E-state index contributed by atoms with van der Waals surface area (Å²) in [7, 11) is 0. The van der Waals surface area contributed by atoms with Gasteiger partial charge in [0.15, 0.2) is 0 Å². The van der Waals surface area contributed by atoms with Crippen LogP contribution in [-0.4, -0.2) is 26.5 Å². The Morgan fingerprint density at radius 2 is 1.55 bits per heavy atom. The highest BCUT2D eigenvalue weighted by atomic mass is 19.4. The number of hydrogen-bond donors (Lipinski definition) is 2. The second kappa shape index (κ2) is 5.27. The Kier molecular flexibility index (Phi) is 3.77. The molecule has 0 bridgehead atoms. The first-order valence-corrected chi connectivity index (χ1v) is 5.41. The summed E-state index contributed by atoms with van der Waals surface area (Å²) in [5.74, 6) is -1.63. The Labute approximate surface area is 117 Å². The van der Waals surface area contributed by atoms with Crippen LogP contribution in [0.4, 0.5) is 32.3 Å². The molecule has 22 heavy (non-hydrogen) atoms. The van der Waals surface area contributed by atoms with Crippen LogP contribution in [-0.2, 0) is 12.4 Å². The molecular formula is C10H5F6N5O. The molecule has 118 valence electrons. The number of amides is 1. The van der Waals surface area contributed by atoms with Gasteiger partial charge in [0.05, 0.1) is 11.1 Å². The SMILES string of the molecule is O=C(Nc1nn[nH]n1)c1cc(C(F)(F)F)cc(C(F)(F)F)c1. The lowest BCUT2D eigenvalue weighted by Gasteiger charge is -2.13. The van der Waals surface area contributed by atoms with Crippen molar-refractivity contribution in [2.75, 3.05) is 5.32 Å². The number of carbonyl (C=O) groups excluding carboxylic acids is 1. The minimum Gasteiger partial charge on any atom is -0.288 e. The first-order valence-electron chi connectivity index (χ1n) is 5.41. The van der Waals surface area contributed by atoms with Crippen LogP contribution in [0.5, 0.6) is 0 Å². The number of alkyl halides is 6. The van der Waals surface area contributed by atoms with E-state index in [0.29, 0.717) is 12.1 Å². The van der Waals surface area contributed by atoms with Crippen LogP contribution in [0, 0.1) is 0 Å². The molecule has 0 aliphatic carbocycles. The molecule has 1 amide bonds. The number of aromatic amines is 1. The fraction of sp³-hybridized carbons (Fsp3) is 0.200. The standard InChI is InChI=1S/C10H5F6N5O/c11-9(12,13)5-1-4(2-6(3-5)10(14,15)16)7(22)17-8-18-20-21-19-8/h1-3H,(H2,17,18,19,20,21,22). The Bertz CT molecular complexity index is 646. The average Bonchev–Trinajstić information content (AvgIpc) is 2.89. The Hall–Kier alpha value is -2.66. The minimum atomic E-state index is -5.04. The summed E-state index contributed by atoms with van der Waals surface area (Å²) in [6.07, 6.45) is -10.1. The molecule has 0 atom stereocenters. The summed E-state index contributed by atoms with van der Waals surface area (Å²) < 4.78 is 75.8. The fourth-order valence-electron chi connectivity index (χ4n) is 1.47. The monoisotopic (exact) mass is 325 g/mol. The van der Waals surface area contributed by atoms with Crippen LogP contribution in [0.15, 0.2) is 18.2 Å². The normalized spacial score (nSPS) is 12.3. The second-order valence-corrected chi connectivity index (χ2v) is 3.98. The van der Waals surface area contributed by atoms with E-state index in [-0.39, 0.29) is 6.07 Å². The van der Waals surface area contributed by atoms with Crippen molar-refractivity contribution >= 4 is 11.9 Å². The summed E-state index contributed by atoms with van der Waals surface area (Å²) in [6, 6.07) is 0.514. The maximum absolute atomic E-state index is 12.6.